The van der Waals surface area contributed by atoms with E-state index < -0.39 is 6.10 Å². The average molecular weight is 513 g/mol. The lowest BCUT2D eigenvalue weighted by atomic mass is 10.0. The van der Waals surface area contributed by atoms with Crippen LogP contribution >= 0.6 is 11.3 Å². The van der Waals surface area contributed by atoms with Crippen LogP contribution in [0.1, 0.15) is 29.0 Å². The number of amides is 1. The summed E-state index contributed by atoms with van der Waals surface area (Å²) in [5.74, 6) is 0.811. The van der Waals surface area contributed by atoms with Crippen molar-refractivity contribution < 1.29 is 23.8 Å². The number of likely N-dealkylation sites (N-methyl/N-ethyl adjacent to an activating group) is 1. The van der Waals surface area contributed by atoms with Crippen LogP contribution in [0, 0.1) is 12.7 Å². The number of thiophene rings is 1. The number of carbonyl (C=O) groups excluding carboxylic acids is 1. The average Bonchev–Trinajstić information content (AvgIpc) is 3.35. The highest BCUT2D eigenvalue weighted by Crippen LogP contribution is 2.34. The molecule has 2 aromatic carbocycles. The number of fused-ring (bicyclic) bond motifs is 1. The van der Waals surface area contributed by atoms with Gasteiger partial charge in [0.15, 0.2) is 0 Å². The van der Waals surface area contributed by atoms with E-state index in [1.165, 1.54) is 17.0 Å². The third-order valence-corrected chi connectivity index (χ3v) is 7.42. The van der Waals surface area contributed by atoms with Gasteiger partial charge in [-0.3, -0.25) is 9.69 Å². The Bertz CT molecular complexity index is 1150. The Balaban J connectivity index is 1.37. The first-order valence-electron chi connectivity index (χ1n) is 12.3. The number of carbonyl (C=O) groups is 1. The quantitative estimate of drug-likeness (QED) is 0.411. The molecule has 0 bridgehead atoms. The summed E-state index contributed by atoms with van der Waals surface area (Å²) in [5.41, 5.74) is 2.10. The maximum atomic E-state index is 13.6. The molecule has 1 amide bonds. The second-order valence-electron chi connectivity index (χ2n) is 8.98. The van der Waals surface area contributed by atoms with Gasteiger partial charge in [0.25, 0.3) is 0 Å². The second-order valence-corrected chi connectivity index (χ2v) is 9.98. The predicted octanol–water partition coefficient (Wildman–Crippen LogP) is 4.46. The standard InChI is InChI=1S/C28H33FN2O4S/c1-3-30(16-22(32)18-35-26-10-5-4-7-20(26)2)17-28(33)31-13-11-27-24(12-14-36-27)25(31)19-34-23-9-6-8-21(29)15-23/h4-10,12,14-15,22,25,32H,3,11,13,16-19H2,1-2H3. The Morgan fingerprint density at radius 1 is 1.22 bits per heavy atom. The van der Waals surface area contributed by atoms with Gasteiger partial charge in [-0.15, -0.1) is 11.3 Å². The van der Waals surface area contributed by atoms with Crippen molar-refractivity contribution in [3.8, 4) is 11.5 Å². The number of benzene rings is 2. The van der Waals surface area contributed by atoms with Gasteiger partial charge in [-0.2, -0.15) is 0 Å². The Labute approximate surface area is 215 Å². The number of rotatable bonds is 11. The van der Waals surface area contributed by atoms with Crippen molar-refractivity contribution >= 4 is 17.2 Å². The van der Waals surface area contributed by atoms with Gasteiger partial charge in [0.2, 0.25) is 5.91 Å². The van der Waals surface area contributed by atoms with Crippen molar-refractivity contribution in [3.05, 3.63) is 81.8 Å². The summed E-state index contributed by atoms with van der Waals surface area (Å²) in [6.07, 6.45) is 0.0723. The fourth-order valence-corrected chi connectivity index (χ4v) is 5.38. The van der Waals surface area contributed by atoms with Crippen molar-refractivity contribution in [2.24, 2.45) is 0 Å². The van der Waals surface area contributed by atoms with E-state index >= 15 is 0 Å². The molecule has 4 rings (SSSR count). The number of hydrogen-bond donors (Lipinski definition) is 1. The Kier molecular flexibility index (Phi) is 8.96. The van der Waals surface area contributed by atoms with Crippen LogP contribution in [0.5, 0.6) is 11.5 Å². The highest BCUT2D eigenvalue weighted by atomic mass is 32.1. The van der Waals surface area contributed by atoms with E-state index in [0.29, 0.717) is 25.4 Å². The van der Waals surface area contributed by atoms with Gasteiger partial charge in [0.05, 0.1) is 12.6 Å². The molecule has 0 spiro atoms. The van der Waals surface area contributed by atoms with Crippen LogP contribution in [0.4, 0.5) is 4.39 Å². The van der Waals surface area contributed by atoms with Gasteiger partial charge in [-0.25, -0.2) is 4.39 Å². The molecule has 1 aromatic heterocycles. The molecule has 8 heteroatoms. The molecular formula is C28H33FN2O4S. The minimum Gasteiger partial charge on any atom is -0.491 e. The van der Waals surface area contributed by atoms with Crippen molar-refractivity contribution in [1.82, 2.24) is 9.80 Å². The first kappa shape index (κ1) is 26.1. The third-order valence-electron chi connectivity index (χ3n) is 6.42. The first-order chi connectivity index (χ1) is 17.4. The molecule has 1 aliphatic rings. The molecule has 1 aliphatic heterocycles. The van der Waals surface area contributed by atoms with Gasteiger partial charge in [0.1, 0.15) is 36.6 Å². The van der Waals surface area contributed by atoms with E-state index in [4.69, 9.17) is 9.47 Å². The van der Waals surface area contributed by atoms with Gasteiger partial charge in [0, 0.05) is 24.0 Å². The zero-order valence-electron chi connectivity index (χ0n) is 20.7. The van der Waals surface area contributed by atoms with E-state index in [1.54, 1.807) is 23.5 Å². The van der Waals surface area contributed by atoms with E-state index in [2.05, 4.69) is 0 Å². The number of aliphatic hydroxyl groups excluding tert-OH is 1. The maximum Gasteiger partial charge on any atom is 0.237 e. The lowest BCUT2D eigenvalue weighted by Gasteiger charge is -2.37. The molecule has 2 atom stereocenters. The van der Waals surface area contributed by atoms with E-state index in [1.807, 2.05) is 59.4 Å². The Hall–Kier alpha value is -2.94. The predicted molar refractivity (Wildman–Crippen MR) is 139 cm³/mol. The summed E-state index contributed by atoms with van der Waals surface area (Å²) in [4.78, 5) is 18.5. The molecule has 0 saturated heterocycles. The van der Waals surface area contributed by atoms with Crippen LogP contribution in [-0.2, 0) is 11.2 Å². The fraction of sp³-hybridized carbons (Fsp3) is 0.393. The zero-order chi connectivity index (χ0) is 25.5. The number of nitrogens with zero attached hydrogens (tertiary/aromatic N) is 2. The third kappa shape index (κ3) is 6.63. The molecule has 0 saturated carbocycles. The van der Waals surface area contributed by atoms with Crippen LogP contribution < -0.4 is 9.47 Å². The SMILES string of the molecule is CCN(CC(=O)N1CCc2sccc2C1COc1cccc(F)c1)CC(O)COc1ccccc1C. The molecule has 2 heterocycles. The summed E-state index contributed by atoms with van der Waals surface area (Å²) < 4.78 is 25.3. The van der Waals surface area contributed by atoms with Crippen molar-refractivity contribution in [1.29, 1.82) is 0 Å². The molecule has 0 radical (unpaired) electrons. The smallest absolute Gasteiger partial charge is 0.237 e. The molecule has 0 fully saturated rings. The summed E-state index contributed by atoms with van der Waals surface area (Å²) >= 11 is 1.69. The molecular weight excluding hydrogens is 479 g/mol. The van der Waals surface area contributed by atoms with E-state index in [-0.39, 0.29) is 37.5 Å². The lowest BCUT2D eigenvalue weighted by molar-refractivity contribution is -0.136. The Morgan fingerprint density at radius 2 is 2.06 bits per heavy atom. The monoisotopic (exact) mass is 512 g/mol. The molecule has 3 aromatic rings. The first-order valence-corrected chi connectivity index (χ1v) is 13.2. The van der Waals surface area contributed by atoms with Crippen molar-refractivity contribution in [2.75, 3.05) is 39.4 Å². The number of ether oxygens (including phenoxy) is 2. The van der Waals surface area contributed by atoms with Gasteiger partial charge in [-0.05, 0) is 60.7 Å². The maximum absolute atomic E-state index is 13.6. The van der Waals surface area contributed by atoms with Crippen LogP contribution in [-0.4, -0.2) is 66.3 Å². The van der Waals surface area contributed by atoms with Crippen molar-refractivity contribution in [3.63, 3.8) is 0 Å². The Morgan fingerprint density at radius 3 is 2.83 bits per heavy atom. The van der Waals surface area contributed by atoms with Gasteiger partial charge in [-0.1, -0.05) is 31.2 Å². The number of para-hydroxylation sites is 1. The zero-order valence-corrected chi connectivity index (χ0v) is 21.5. The van der Waals surface area contributed by atoms with Crippen LogP contribution in [0.15, 0.2) is 60.0 Å². The summed E-state index contributed by atoms with van der Waals surface area (Å²) in [7, 11) is 0. The fourth-order valence-electron chi connectivity index (χ4n) is 4.45. The van der Waals surface area contributed by atoms with Gasteiger partial charge < -0.3 is 19.5 Å². The molecule has 192 valence electrons. The number of aryl methyl sites for hydroxylation is 1. The summed E-state index contributed by atoms with van der Waals surface area (Å²) in [6.45, 7) is 6.07. The van der Waals surface area contributed by atoms with E-state index in [0.717, 1.165) is 23.3 Å². The van der Waals surface area contributed by atoms with Gasteiger partial charge >= 0.3 is 0 Å². The largest absolute Gasteiger partial charge is 0.491 e. The molecule has 6 nitrogen and oxygen atoms in total. The highest BCUT2D eigenvalue weighted by Gasteiger charge is 2.33. The lowest BCUT2D eigenvalue weighted by Crippen LogP contribution is -2.48. The number of hydrogen-bond acceptors (Lipinski definition) is 6. The van der Waals surface area contributed by atoms with Crippen molar-refractivity contribution in [2.45, 2.75) is 32.4 Å². The van der Waals surface area contributed by atoms with E-state index in [9.17, 15) is 14.3 Å². The minimum atomic E-state index is -0.728. The topological polar surface area (TPSA) is 62.2 Å². The van der Waals surface area contributed by atoms with Crippen LogP contribution in [0.25, 0.3) is 0 Å². The molecule has 0 aliphatic carbocycles. The number of halogens is 1. The molecule has 1 N–H and O–H groups in total. The minimum absolute atomic E-state index is 0.0198. The number of aliphatic hydroxyl groups is 1. The molecule has 2 unspecified atom stereocenters. The molecule has 36 heavy (non-hydrogen) atoms. The highest BCUT2D eigenvalue weighted by molar-refractivity contribution is 7.10. The van der Waals surface area contributed by atoms with Crippen LogP contribution in [0.2, 0.25) is 0 Å². The normalized spacial score (nSPS) is 16.0. The second kappa shape index (κ2) is 12.3. The summed E-state index contributed by atoms with van der Waals surface area (Å²) in [5, 5.41) is 12.6. The summed E-state index contributed by atoms with van der Waals surface area (Å²) in [6, 6.07) is 15.5. The van der Waals surface area contributed by atoms with Crippen LogP contribution in [0.3, 0.4) is 0 Å².